The highest BCUT2D eigenvalue weighted by Crippen LogP contribution is 1.82. The number of nitrogens with zero attached hydrogens (tertiary/aromatic N) is 1. The summed E-state index contributed by atoms with van der Waals surface area (Å²) in [5.41, 5.74) is 2.99. The molecule has 0 aromatic rings. The number of nitrogens with two attached hydrogens (primary N) is 1. The molecule has 54 valence electrons. The quantitative estimate of drug-likeness (QED) is 0.281. The first-order chi connectivity index (χ1) is 4.24. The Labute approximate surface area is 60.3 Å². The van der Waals surface area contributed by atoms with Crippen molar-refractivity contribution in [2.24, 2.45) is 5.84 Å². The molecule has 1 heterocycles. The molecular weight excluding hydrogens is 136 g/mol. The van der Waals surface area contributed by atoms with Crippen LogP contribution in [0.2, 0.25) is 0 Å². The molecule has 0 aliphatic carbocycles. The third-order valence-corrected chi connectivity index (χ3v) is 1.80. The van der Waals surface area contributed by atoms with Crippen molar-refractivity contribution in [1.29, 1.82) is 0 Å². The first kappa shape index (κ1) is 7.30. The highest BCUT2D eigenvalue weighted by Gasteiger charge is 2.20. The van der Waals surface area contributed by atoms with Crippen LogP contribution in [-0.4, -0.2) is 23.7 Å². The Balaban J connectivity index is 2.35. The Bertz CT molecular complexity index is 88.6. The highest BCUT2D eigenvalue weighted by molar-refractivity contribution is 7.59. The number of hydrogen-bond donors (Lipinski definition) is 3. The van der Waals surface area contributed by atoms with Crippen molar-refractivity contribution in [3.63, 3.8) is 0 Å². The zero-order valence-corrected chi connectivity index (χ0v) is 6.24. The molecule has 0 spiro atoms. The number of hydrazine groups is 1. The third-order valence-electron chi connectivity index (χ3n) is 1.39. The maximum atomic E-state index is 5.55. The number of hydrogen-bond acceptors (Lipinski definition) is 4. The van der Waals surface area contributed by atoms with Gasteiger partial charge in [0.2, 0.25) is 0 Å². The van der Waals surface area contributed by atoms with Crippen molar-refractivity contribution in [3.8, 4) is 0 Å². The molecule has 1 fully saturated rings. The van der Waals surface area contributed by atoms with Gasteiger partial charge in [-0.1, -0.05) is 6.92 Å². The highest BCUT2D eigenvalue weighted by atomic mass is 32.1. The molecule has 2 unspecified atom stereocenters. The van der Waals surface area contributed by atoms with Crippen LogP contribution < -0.4 is 16.3 Å². The minimum Gasteiger partial charge on any atom is -0.708 e. The Morgan fingerprint density at radius 3 is 2.89 bits per heavy atom. The molecule has 4 N–H and O–H groups in total. The molecule has 0 saturated carbocycles. The molecule has 4 nitrogen and oxygen atoms in total. The maximum absolute atomic E-state index is 5.55. The van der Waals surface area contributed by atoms with E-state index in [4.69, 9.17) is 18.5 Å². The van der Waals surface area contributed by atoms with Crippen LogP contribution in [0, 0.1) is 0 Å². The first-order valence-electron chi connectivity index (χ1n) is 3.02. The second-order valence-electron chi connectivity index (χ2n) is 2.10. The largest absolute Gasteiger partial charge is 0.708 e. The van der Waals surface area contributed by atoms with Crippen LogP contribution in [0.15, 0.2) is 0 Å². The number of nitrogens with one attached hydrogen (secondary N) is 2. The zero-order valence-electron chi connectivity index (χ0n) is 5.42. The summed E-state index contributed by atoms with van der Waals surface area (Å²) in [6.45, 7) is 3.81. The van der Waals surface area contributed by atoms with Gasteiger partial charge in [-0.25, -0.2) is 5.43 Å². The second kappa shape index (κ2) is 2.85. The zero-order chi connectivity index (χ0) is 6.85. The van der Waals surface area contributed by atoms with Gasteiger partial charge >= 0.3 is 0 Å². The lowest BCUT2D eigenvalue weighted by Crippen LogP contribution is -3.20. The molecular formula is C4H12N4S. The second-order valence-corrected chi connectivity index (χ2v) is 2.57. The summed E-state index contributed by atoms with van der Waals surface area (Å²) in [5, 5.41) is 2.86. The van der Waals surface area contributed by atoms with Gasteiger partial charge in [-0.2, -0.15) is 10.9 Å². The lowest BCUT2D eigenvalue weighted by Gasteiger charge is -2.17. The molecule has 1 saturated heterocycles. The molecule has 0 aromatic carbocycles. The molecule has 2 atom stereocenters. The summed E-state index contributed by atoms with van der Waals surface area (Å²) in [7, 11) is 0. The fourth-order valence-electron chi connectivity index (χ4n) is 0.801. The van der Waals surface area contributed by atoms with E-state index in [1.807, 2.05) is 5.01 Å². The van der Waals surface area contributed by atoms with E-state index in [0.29, 0.717) is 0 Å². The summed E-state index contributed by atoms with van der Waals surface area (Å²) in [4.78, 5) is 0. The van der Waals surface area contributed by atoms with Crippen LogP contribution >= 0.6 is 0 Å². The molecule has 0 amide bonds. The monoisotopic (exact) mass is 148 g/mol. The van der Waals surface area contributed by atoms with Crippen molar-refractivity contribution in [2.45, 2.75) is 12.4 Å². The van der Waals surface area contributed by atoms with Crippen molar-refractivity contribution < 1.29 is 5.01 Å². The van der Waals surface area contributed by atoms with Crippen LogP contribution in [0.5, 0.6) is 0 Å². The standard InChI is InChI=1S/C4H12N4S/c1-2-7-3-8(5)4(9)6-7/h4,6,9H,2-3,5H2,1H3. The van der Waals surface area contributed by atoms with E-state index < -0.39 is 0 Å². The van der Waals surface area contributed by atoms with E-state index in [1.54, 1.807) is 0 Å². The normalized spacial score (nSPS) is 37.7. The van der Waals surface area contributed by atoms with Crippen LogP contribution in [0.25, 0.3) is 0 Å². The van der Waals surface area contributed by atoms with Gasteiger partial charge in [0.1, 0.15) is 0 Å². The molecule has 9 heavy (non-hydrogen) atoms. The van der Waals surface area contributed by atoms with E-state index in [9.17, 15) is 0 Å². The molecule has 0 aromatic heterocycles. The van der Waals surface area contributed by atoms with Gasteiger partial charge in [0.25, 0.3) is 0 Å². The van der Waals surface area contributed by atoms with E-state index in [1.165, 1.54) is 0 Å². The summed E-state index contributed by atoms with van der Waals surface area (Å²) in [5.74, 6) is 5.55. The minimum absolute atomic E-state index is 0.0510. The van der Waals surface area contributed by atoms with E-state index in [-0.39, 0.29) is 5.50 Å². The molecule has 1 aliphatic rings. The Morgan fingerprint density at radius 1 is 2.00 bits per heavy atom. The average molecular weight is 148 g/mol. The Kier molecular flexibility index (Phi) is 2.31. The van der Waals surface area contributed by atoms with E-state index in [2.05, 4.69) is 12.3 Å². The number of quaternary nitrogens is 1. The van der Waals surface area contributed by atoms with E-state index in [0.717, 1.165) is 18.2 Å². The predicted octanol–water partition coefficient (Wildman–Crippen LogP) is -2.63. The summed E-state index contributed by atoms with van der Waals surface area (Å²) >= 11 is 4.95. The molecule has 0 radical (unpaired) electrons. The maximum Gasteiger partial charge on any atom is 0.163 e. The Hall–Kier alpha value is 0.190. The van der Waals surface area contributed by atoms with Crippen molar-refractivity contribution in [2.75, 3.05) is 13.2 Å². The minimum atomic E-state index is -0.0510. The van der Waals surface area contributed by atoms with Crippen LogP contribution in [0.3, 0.4) is 0 Å². The lowest BCUT2D eigenvalue weighted by atomic mass is 10.7. The van der Waals surface area contributed by atoms with Crippen LogP contribution in [0.4, 0.5) is 0 Å². The average Bonchev–Trinajstić information content (AvgIpc) is 2.13. The van der Waals surface area contributed by atoms with Crippen molar-refractivity contribution in [3.05, 3.63) is 0 Å². The Morgan fingerprint density at radius 2 is 2.67 bits per heavy atom. The number of rotatable bonds is 1. The molecule has 1 rings (SSSR count). The van der Waals surface area contributed by atoms with Crippen molar-refractivity contribution in [1.82, 2.24) is 10.4 Å². The first-order valence-corrected chi connectivity index (χ1v) is 3.49. The molecule has 1 aliphatic heterocycles. The summed E-state index contributed by atoms with van der Waals surface area (Å²) in [6, 6.07) is 0. The topological polar surface area (TPSA) is 45.7 Å². The van der Waals surface area contributed by atoms with Gasteiger partial charge in [0, 0.05) is 6.54 Å². The van der Waals surface area contributed by atoms with Gasteiger partial charge in [0.05, 0.1) is 5.50 Å². The SMILES string of the molecule is CCN1C[NH+](N)C([S-])N1. The van der Waals surface area contributed by atoms with Gasteiger partial charge in [-0.05, 0) is 0 Å². The third kappa shape index (κ3) is 1.56. The smallest absolute Gasteiger partial charge is 0.163 e. The molecule has 5 heteroatoms. The fraction of sp³-hybridized carbons (Fsp3) is 1.00. The van der Waals surface area contributed by atoms with Crippen LogP contribution in [0.1, 0.15) is 6.92 Å². The van der Waals surface area contributed by atoms with E-state index >= 15 is 0 Å². The van der Waals surface area contributed by atoms with Gasteiger partial charge < -0.3 is 12.6 Å². The van der Waals surface area contributed by atoms with Gasteiger partial charge in [-0.15, -0.1) is 0 Å². The van der Waals surface area contributed by atoms with Crippen LogP contribution in [-0.2, 0) is 12.6 Å². The lowest BCUT2D eigenvalue weighted by molar-refractivity contribution is -0.915. The summed E-state index contributed by atoms with van der Waals surface area (Å²) in [6.07, 6.45) is 0. The van der Waals surface area contributed by atoms with Gasteiger partial charge in [-0.3, -0.25) is 5.01 Å². The molecule has 0 bridgehead atoms. The summed E-state index contributed by atoms with van der Waals surface area (Å²) < 4.78 is 0. The van der Waals surface area contributed by atoms with Crippen molar-refractivity contribution >= 4 is 12.6 Å². The van der Waals surface area contributed by atoms with Gasteiger partial charge in [0.15, 0.2) is 6.67 Å². The fourth-order valence-corrected chi connectivity index (χ4v) is 1.02. The predicted molar refractivity (Wildman–Crippen MR) is 36.7 cm³/mol.